The van der Waals surface area contributed by atoms with Crippen molar-refractivity contribution in [1.29, 1.82) is 0 Å². The largest absolute Gasteiger partial charge is 0.478 e. The van der Waals surface area contributed by atoms with Crippen LogP contribution in [0.4, 0.5) is 0 Å². The van der Waals surface area contributed by atoms with Crippen LogP contribution in [-0.2, 0) is 40.1 Å². The first-order chi connectivity index (χ1) is 29.4. The first-order valence-corrected chi connectivity index (χ1v) is 20.7. The number of amides is 6. The molecule has 1 heterocycles. The van der Waals surface area contributed by atoms with Crippen LogP contribution in [0.3, 0.4) is 0 Å². The van der Waals surface area contributed by atoms with Crippen LogP contribution in [0.25, 0.3) is 0 Å². The molecule has 1 aliphatic heterocycles. The quantitative estimate of drug-likeness (QED) is 0.0909. The molecule has 2 aliphatic rings. The van der Waals surface area contributed by atoms with E-state index in [1.54, 1.807) is 30.3 Å². The minimum atomic E-state index is -1.32. The fourth-order valence-electron chi connectivity index (χ4n) is 7.84. The van der Waals surface area contributed by atoms with Crippen LogP contribution in [0.15, 0.2) is 84.9 Å². The molecule has 6 amide bonds. The summed E-state index contributed by atoms with van der Waals surface area (Å²) < 4.78 is 6.22. The Hall–Kier alpha value is -6.42. The van der Waals surface area contributed by atoms with Gasteiger partial charge in [-0.05, 0) is 48.4 Å². The summed E-state index contributed by atoms with van der Waals surface area (Å²) in [5.74, 6) is -7.37. The van der Waals surface area contributed by atoms with Gasteiger partial charge in [0.1, 0.15) is 18.1 Å². The Morgan fingerprint density at radius 1 is 0.820 bits per heavy atom. The summed E-state index contributed by atoms with van der Waals surface area (Å²) in [4.78, 5) is 108. The number of carboxylic acid groups (broad SMARTS) is 1. The van der Waals surface area contributed by atoms with Gasteiger partial charge in [-0.1, -0.05) is 112 Å². The number of likely N-dealkylation sites (tertiary alicyclic amines) is 1. The molecule has 0 aromatic heterocycles. The molecule has 16 heteroatoms. The summed E-state index contributed by atoms with van der Waals surface area (Å²) in [6.45, 7) is 1.38. The van der Waals surface area contributed by atoms with Crippen LogP contribution >= 0.6 is 0 Å². The van der Waals surface area contributed by atoms with E-state index in [0.29, 0.717) is 31.2 Å². The van der Waals surface area contributed by atoms with Gasteiger partial charge in [-0.2, -0.15) is 0 Å². The maximum Gasteiger partial charge on any atom is 0.336 e. The van der Waals surface area contributed by atoms with Crippen LogP contribution in [-0.4, -0.2) is 94.5 Å². The maximum absolute atomic E-state index is 14.8. The number of nitrogens with zero attached hydrogens (tertiary/aromatic N) is 1. The number of hydrogen-bond acceptors (Lipinski definition) is 9. The number of rotatable bonds is 20. The number of carboxylic acids is 1. The molecule has 1 saturated heterocycles. The van der Waals surface area contributed by atoms with E-state index in [0.717, 1.165) is 24.8 Å². The highest BCUT2D eigenvalue weighted by Gasteiger charge is 2.45. The number of unbranched alkanes of at least 4 members (excludes halogenated alkanes) is 1. The molecule has 0 radical (unpaired) electrons. The van der Waals surface area contributed by atoms with Crippen molar-refractivity contribution in [3.05, 3.63) is 107 Å². The van der Waals surface area contributed by atoms with Gasteiger partial charge in [0.2, 0.25) is 29.4 Å². The molecule has 7 N–H and O–H groups in total. The Bertz CT molecular complexity index is 2040. The first-order valence-electron chi connectivity index (χ1n) is 20.7. The number of Topliss-reactive ketones (excluding diaryl/α,β-unsaturated/α-hetero) is 1. The lowest BCUT2D eigenvalue weighted by Gasteiger charge is -2.35. The van der Waals surface area contributed by atoms with Crippen LogP contribution in [0, 0.1) is 5.92 Å². The van der Waals surface area contributed by atoms with Crippen LogP contribution in [0.2, 0.25) is 0 Å². The molecule has 3 unspecified atom stereocenters. The molecule has 5 atom stereocenters. The third-order valence-electron chi connectivity index (χ3n) is 11.1. The van der Waals surface area contributed by atoms with Gasteiger partial charge in [-0.15, -0.1) is 0 Å². The predicted molar refractivity (Wildman–Crippen MR) is 222 cm³/mol. The van der Waals surface area contributed by atoms with E-state index in [9.17, 15) is 43.5 Å². The summed E-state index contributed by atoms with van der Waals surface area (Å²) in [5, 5.41) is 20.0. The molecule has 61 heavy (non-hydrogen) atoms. The minimum Gasteiger partial charge on any atom is -0.478 e. The lowest BCUT2D eigenvalue weighted by Crippen LogP contribution is -2.58. The van der Waals surface area contributed by atoms with Crippen molar-refractivity contribution < 1.29 is 48.2 Å². The van der Waals surface area contributed by atoms with E-state index < -0.39 is 84.0 Å². The number of hydrogen-bond donors (Lipinski definition) is 6. The zero-order chi connectivity index (χ0) is 43.9. The summed E-state index contributed by atoms with van der Waals surface area (Å²) in [5.41, 5.74) is 6.45. The van der Waals surface area contributed by atoms with Crippen LogP contribution < -0.4 is 27.0 Å². The van der Waals surface area contributed by atoms with Crippen molar-refractivity contribution in [3.63, 3.8) is 0 Å². The van der Waals surface area contributed by atoms with E-state index in [4.69, 9.17) is 10.5 Å². The molecule has 3 aromatic rings. The monoisotopic (exact) mass is 838 g/mol. The molecule has 16 nitrogen and oxygen atoms in total. The molecular weight excluding hydrogens is 785 g/mol. The minimum absolute atomic E-state index is 0.0208. The third-order valence-corrected chi connectivity index (χ3v) is 11.1. The van der Waals surface area contributed by atoms with E-state index in [1.165, 1.54) is 29.2 Å². The van der Waals surface area contributed by atoms with Gasteiger partial charge in [0, 0.05) is 13.0 Å². The van der Waals surface area contributed by atoms with Gasteiger partial charge in [0.25, 0.3) is 11.8 Å². The Morgan fingerprint density at radius 3 is 2.10 bits per heavy atom. The molecule has 1 saturated carbocycles. The van der Waals surface area contributed by atoms with Gasteiger partial charge in [-0.25, -0.2) is 4.79 Å². The van der Waals surface area contributed by atoms with Gasteiger partial charge in [0.05, 0.1) is 36.4 Å². The fraction of sp³-hybridized carbons (Fsp3) is 0.422. The molecule has 0 spiro atoms. The Labute approximate surface area is 354 Å². The summed E-state index contributed by atoms with van der Waals surface area (Å²) in [6, 6.07) is 18.5. The van der Waals surface area contributed by atoms with Crippen molar-refractivity contribution in [3.8, 4) is 0 Å². The number of benzene rings is 3. The van der Waals surface area contributed by atoms with E-state index in [-0.39, 0.29) is 43.0 Å². The van der Waals surface area contributed by atoms with Gasteiger partial charge < -0.3 is 41.7 Å². The number of primary amides is 1. The van der Waals surface area contributed by atoms with E-state index in [1.807, 2.05) is 37.3 Å². The van der Waals surface area contributed by atoms with E-state index in [2.05, 4.69) is 21.3 Å². The summed E-state index contributed by atoms with van der Waals surface area (Å²) in [7, 11) is 0. The lowest BCUT2D eigenvalue weighted by atomic mass is 9.83. The number of carbonyl (C=O) groups is 8. The van der Waals surface area contributed by atoms with Gasteiger partial charge >= 0.3 is 5.97 Å². The number of ether oxygens (including phenoxy) is 1. The van der Waals surface area contributed by atoms with Crippen molar-refractivity contribution in [2.75, 3.05) is 13.1 Å². The highest BCUT2D eigenvalue weighted by Crippen LogP contribution is 2.31. The second-order valence-electron chi connectivity index (χ2n) is 15.4. The molecular formula is C45H54N6O10. The number of aromatic carboxylic acids is 1. The van der Waals surface area contributed by atoms with Crippen molar-refractivity contribution >= 4 is 47.2 Å². The number of nitrogens with one attached hydrogen (secondary N) is 4. The second-order valence-corrected chi connectivity index (χ2v) is 15.4. The summed E-state index contributed by atoms with van der Waals surface area (Å²) in [6.07, 6.45) is 4.38. The Kier molecular flexibility index (Phi) is 16.7. The third kappa shape index (κ3) is 12.5. The molecule has 0 bridgehead atoms. The molecule has 3 aromatic carbocycles. The normalized spacial score (nSPS) is 17.9. The van der Waals surface area contributed by atoms with E-state index >= 15 is 0 Å². The zero-order valence-corrected chi connectivity index (χ0v) is 34.2. The number of nitrogens with two attached hydrogens (primary N) is 1. The Balaban J connectivity index is 1.34. The maximum atomic E-state index is 14.8. The lowest BCUT2D eigenvalue weighted by molar-refractivity contribution is -0.143. The molecule has 1 aliphatic carbocycles. The van der Waals surface area contributed by atoms with Crippen LogP contribution in [0.1, 0.15) is 103 Å². The zero-order valence-electron chi connectivity index (χ0n) is 34.2. The van der Waals surface area contributed by atoms with Gasteiger partial charge in [-0.3, -0.25) is 33.6 Å². The highest BCUT2D eigenvalue weighted by molar-refractivity contribution is 6.38. The molecule has 5 rings (SSSR count). The summed E-state index contributed by atoms with van der Waals surface area (Å²) >= 11 is 0. The second kappa shape index (κ2) is 22.3. The average molecular weight is 839 g/mol. The topological polar surface area (TPSA) is 243 Å². The Morgan fingerprint density at radius 2 is 1.46 bits per heavy atom. The van der Waals surface area contributed by atoms with Crippen molar-refractivity contribution in [1.82, 2.24) is 26.2 Å². The number of ketones is 1. The molecule has 324 valence electrons. The smallest absolute Gasteiger partial charge is 0.336 e. The highest BCUT2D eigenvalue weighted by atomic mass is 16.5. The van der Waals surface area contributed by atoms with Crippen LogP contribution in [0.5, 0.6) is 0 Å². The standard InChI is InChI=1S/C45H54N6O10/c1-2-3-23-34(39(53)43(57)47-25-36(52)49-37(40(46)54)29-17-9-5-10-18-29)48-42(56)35-24-31(61-27-28-15-7-4-8-16-28)26-51(35)44(58)38(30-19-11-6-12-20-30)50-41(55)32-21-13-14-22-33(32)45(59)60/h4-5,7-10,13-18,21-22,30-31,34-35,37-38H,2-3,6,11-12,19-20,23-27H2,1H3,(H2,46,54)(H,47,57)(H,48,56)(H,49,52)(H,50,55)(H,59,60)/t31-,34?,35+,37?,38?/m1/s1. The number of carbonyl (C=O) groups excluding carboxylic acids is 7. The SMILES string of the molecule is CCCCC(NC(=O)[C@@H]1C[C@@H](OCc2ccccc2)CN1C(=O)C(NC(=O)c1ccccc1C(=O)O)C1CCCCC1)C(=O)C(=O)NCC(=O)NC(C(N)=O)c1ccccc1. The average Bonchev–Trinajstić information content (AvgIpc) is 3.72. The van der Waals surface area contributed by atoms with Crippen molar-refractivity contribution in [2.45, 2.75) is 102 Å². The van der Waals surface area contributed by atoms with Crippen molar-refractivity contribution in [2.24, 2.45) is 11.7 Å². The first kappa shape index (κ1) is 45.7. The molecule has 2 fully saturated rings. The fourth-order valence-corrected chi connectivity index (χ4v) is 7.84. The van der Waals surface area contributed by atoms with Gasteiger partial charge in [0.15, 0.2) is 0 Å². The predicted octanol–water partition coefficient (Wildman–Crippen LogP) is 2.95.